The molecule has 0 heterocycles. The summed E-state index contributed by atoms with van der Waals surface area (Å²) in [5, 5.41) is 0.946. The van der Waals surface area contributed by atoms with Crippen LogP contribution < -0.4 is 5.19 Å². The Morgan fingerprint density at radius 2 is 1.50 bits per heavy atom. The Hall–Kier alpha value is -0.333. The molecule has 0 amide bonds. The molecular weight excluding hydrogens is 264 g/mol. The summed E-state index contributed by atoms with van der Waals surface area (Å²) in [6.07, 6.45) is 0. The first-order chi connectivity index (χ1) is 8.59. The second-order valence-electron chi connectivity index (χ2n) is 3.88. The molecule has 3 nitrogen and oxygen atoms in total. The summed E-state index contributed by atoms with van der Waals surface area (Å²) in [7, 11) is -2.82. The van der Waals surface area contributed by atoms with Crippen molar-refractivity contribution in [3.63, 3.8) is 0 Å². The summed E-state index contributed by atoms with van der Waals surface area (Å²) >= 11 is 4.53. The SMILES string of the molecule is CCO[Si](OCC)(OCC)c1ccc(C)cc1S. The van der Waals surface area contributed by atoms with Gasteiger partial charge < -0.3 is 13.3 Å². The predicted molar refractivity (Wildman–Crippen MR) is 78.7 cm³/mol. The van der Waals surface area contributed by atoms with Crippen molar-refractivity contribution < 1.29 is 13.3 Å². The Morgan fingerprint density at radius 1 is 1.00 bits per heavy atom. The van der Waals surface area contributed by atoms with Crippen LogP contribution in [0.3, 0.4) is 0 Å². The standard InChI is InChI=1S/C13H22O3SSi/c1-5-14-18(15-6-2,16-7-3)13-9-8-11(4)10-12(13)17/h8-10,17H,5-7H2,1-4H3. The molecule has 0 aliphatic heterocycles. The molecule has 0 radical (unpaired) electrons. The minimum absolute atomic E-state index is 0.563. The van der Waals surface area contributed by atoms with Crippen LogP contribution in [0.1, 0.15) is 26.3 Å². The van der Waals surface area contributed by atoms with Crippen molar-refractivity contribution >= 4 is 26.6 Å². The molecule has 0 spiro atoms. The van der Waals surface area contributed by atoms with Crippen LogP contribution in [0, 0.1) is 6.92 Å². The van der Waals surface area contributed by atoms with Crippen LogP contribution in [0.2, 0.25) is 0 Å². The van der Waals surface area contributed by atoms with Gasteiger partial charge in [0.25, 0.3) is 0 Å². The smallest absolute Gasteiger partial charge is 0.370 e. The molecule has 0 N–H and O–H groups in total. The van der Waals surface area contributed by atoms with Gasteiger partial charge in [-0.1, -0.05) is 17.7 Å². The minimum Gasteiger partial charge on any atom is -0.370 e. The van der Waals surface area contributed by atoms with E-state index in [-0.39, 0.29) is 0 Å². The molecule has 0 aliphatic carbocycles. The highest BCUT2D eigenvalue weighted by molar-refractivity contribution is 7.80. The van der Waals surface area contributed by atoms with E-state index < -0.39 is 8.80 Å². The molecule has 0 saturated heterocycles. The monoisotopic (exact) mass is 286 g/mol. The van der Waals surface area contributed by atoms with E-state index in [9.17, 15) is 0 Å². The third-order valence-electron chi connectivity index (χ3n) is 2.49. The van der Waals surface area contributed by atoms with Gasteiger partial charge in [0, 0.05) is 29.9 Å². The van der Waals surface area contributed by atoms with Crippen LogP contribution in [0.25, 0.3) is 0 Å². The molecule has 0 bridgehead atoms. The van der Waals surface area contributed by atoms with Crippen molar-refractivity contribution in [2.24, 2.45) is 0 Å². The molecule has 0 unspecified atom stereocenters. The van der Waals surface area contributed by atoms with Crippen LogP contribution in [0.5, 0.6) is 0 Å². The lowest BCUT2D eigenvalue weighted by Gasteiger charge is -2.29. The number of benzene rings is 1. The van der Waals surface area contributed by atoms with Crippen molar-refractivity contribution in [1.82, 2.24) is 0 Å². The van der Waals surface area contributed by atoms with Crippen molar-refractivity contribution in [3.8, 4) is 0 Å². The first-order valence-corrected chi connectivity index (χ1v) is 8.48. The topological polar surface area (TPSA) is 27.7 Å². The van der Waals surface area contributed by atoms with Crippen molar-refractivity contribution in [2.75, 3.05) is 19.8 Å². The summed E-state index contributed by atoms with van der Waals surface area (Å²) in [6, 6.07) is 6.05. The molecule has 1 aromatic carbocycles. The zero-order valence-corrected chi connectivity index (χ0v) is 13.4. The van der Waals surface area contributed by atoms with E-state index in [1.54, 1.807) is 0 Å². The normalized spacial score (nSPS) is 11.8. The quantitative estimate of drug-likeness (QED) is 0.616. The molecule has 1 aromatic rings. The third kappa shape index (κ3) is 3.58. The number of aryl methyl sites for hydroxylation is 1. The minimum atomic E-state index is -2.82. The van der Waals surface area contributed by atoms with Crippen molar-refractivity contribution in [2.45, 2.75) is 32.6 Å². The van der Waals surface area contributed by atoms with Crippen LogP contribution in [0.4, 0.5) is 0 Å². The highest BCUT2D eigenvalue weighted by atomic mass is 32.1. The molecule has 102 valence electrons. The van der Waals surface area contributed by atoms with Gasteiger partial charge in [0.1, 0.15) is 0 Å². The van der Waals surface area contributed by atoms with Gasteiger partial charge in [0.15, 0.2) is 0 Å². The number of hydrogen-bond acceptors (Lipinski definition) is 4. The van der Waals surface area contributed by atoms with E-state index in [4.69, 9.17) is 13.3 Å². The Kier molecular flexibility index (Phi) is 6.38. The summed E-state index contributed by atoms with van der Waals surface area (Å²) in [5.41, 5.74) is 1.16. The average molecular weight is 286 g/mol. The lowest BCUT2D eigenvalue weighted by atomic mass is 10.2. The van der Waals surface area contributed by atoms with Gasteiger partial charge in [-0.3, -0.25) is 0 Å². The molecule has 0 saturated carbocycles. The maximum atomic E-state index is 5.86. The fourth-order valence-electron chi connectivity index (χ4n) is 1.83. The van der Waals surface area contributed by atoms with Crippen molar-refractivity contribution in [1.29, 1.82) is 0 Å². The van der Waals surface area contributed by atoms with Crippen LogP contribution in [-0.2, 0) is 13.3 Å². The van der Waals surface area contributed by atoms with E-state index >= 15 is 0 Å². The van der Waals surface area contributed by atoms with Gasteiger partial charge in [-0.2, -0.15) is 0 Å². The Labute approximate surface area is 116 Å². The number of thiol groups is 1. The summed E-state index contributed by atoms with van der Waals surface area (Å²) < 4.78 is 17.6. The molecule has 0 aromatic heterocycles. The van der Waals surface area contributed by atoms with Crippen LogP contribution in [-0.4, -0.2) is 28.6 Å². The fraction of sp³-hybridized carbons (Fsp3) is 0.538. The molecule has 0 aliphatic rings. The maximum absolute atomic E-state index is 5.86. The van der Waals surface area contributed by atoms with Crippen LogP contribution >= 0.6 is 12.6 Å². The van der Waals surface area contributed by atoms with Gasteiger partial charge in [-0.05, 0) is 33.8 Å². The van der Waals surface area contributed by atoms with Gasteiger partial charge in [0.2, 0.25) is 0 Å². The van der Waals surface area contributed by atoms with Gasteiger partial charge in [-0.15, -0.1) is 12.6 Å². The van der Waals surface area contributed by atoms with Crippen LogP contribution in [0.15, 0.2) is 23.1 Å². The van der Waals surface area contributed by atoms with E-state index in [0.717, 1.165) is 15.6 Å². The summed E-state index contributed by atoms with van der Waals surface area (Å²) in [4.78, 5) is 0.872. The van der Waals surface area contributed by atoms with E-state index in [2.05, 4.69) is 12.6 Å². The molecular formula is C13H22O3SSi. The Morgan fingerprint density at radius 3 is 1.89 bits per heavy atom. The first-order valence-electron chi connectivity index (χ1n) is 6.31. The summed E-state index contributed by atoms with van der Waals surface area (Å²) in [6.45, 7) is 9.58. The molecule has 1 rings (SSSR count). The van der Waals surface area contributed by atoms with E-state index in [1.165, 1.54) is 0 Å². The van der Waals surface area contributed by atoms with E-state index in [1.807, 2.05) is 45.9 Å². The Balaban J connectivity index is 3.21. The largest absolute Gasteiger partial charge is 0.538 e. The first kappa shape index (κ1) is 15.7. The highest BCUT2D eigenvalue weighted by Gasteiger charge is 2.44. The third-order valence-corrected chi connectivity index (χ3v) is 6.17. The van der Waals surface area contributed by atoms with Gasteiger partial charge in [-0.25, -0.2) is 0 Å². The highest BCUT2D eigenvalue weighted by Crippen LogP contribution is 2.17. The zero-order valence-electron chi connectivity index (χ0n) is 11.5. The summed E-state index contributed by atoms with van der Waals surface area (Å²) in [5.74, 6) is 0. The number of rotatable bonds is 7. The molecule has 0 atom stereocenters. The van der Waals surface area contributed by atoms with Gasteiger partial charge in [0.05, 0.1) is 0 Å². The second-order valence-corrected chi connectivity index (χ2v) is 6.87. The van der Waals surface area contributed by atoms with Crippen molar-refractivity contribution in [3.05, 3.63) is 23.8 Å². The second kappa shape index (κ2) is 7.30. The lowest BCUT2D eigenvalue weighted by Crippen LogP contribution is -2.57. The Bertz CT molecular complexity index is 367. The maximum Gasteiger partial charge on any atom is 0.538 e. The molecule has 5 heteroatoms. The fourth-order valence-corrected chi connectivity index (χ4v) is 5.05. The average Bonchev–Trinajstić information content (AvgIpc) is 2.29. The predicted octanol–water partition coefficient (Wildman–Crippen LogP) is 2.54. The number of hydrogen-bond donors (Lipinski definition) is 1. The van der Waals surface area contributed by atoms with Gasteiger partial charge >= 0.3 is 8.80 Å². The molecule has 18 heavy (non-hydrogen) atoms. The zero-order chi connectivity index (χ0) is 13.6. The lowest BCUT2D eigenvalue weighted by molar-refractivity contribution is 0.0854. The molecule has 0 fully saturated rings. The van der Waals surface area contributed by atoms with E-state index in [0.29, 0.717) is 19.8 Å².